The molecule has 162 valence electrons. The molecule has 0 amide bonds. The first kappa shape index (κ1) is 30.2. The molecule has 0 bridgehead atoms. The molecule has 2 radical (unpaired) electrons. The van der Waals surface area contributed by atoms with Gasteiger partial charge in [0.1, 0.15) is 0 Å². The summed E-state index contributed by atoms with van der Waals surface area (Å²) in [7, 11) is 0.750. The van der Waals surface area contributed by atoms with Crippen LogP contribution in [-0.4, -0.2) is 9.52 Å². The molecule has 1 aliphatic rings. The van der Waals surface area contributed by atoms with Crippen LogP contribution in [0.1, 0.15) is 38.8 Å². The molecule has 4 rings (SSSR count). The zero-order valence-corrected chi connectivity index (χ0v) is 24.7. The molecule has 1 unspecified atom stereocenters. The SMILES string of the molecule is CC1=CC(C)(c2c(C)[cH-]c3cccc(-c4ccccc4)c23)C(C)=C1C.C[SiH]C.[Cl-].[Cl-].[Zr+3]. The van der Waals surface area contributed by atoms with Crippen molar-refractivity contribution in [3.63, 3.8) is 0 Å². The summed E-state index contributed by atoms with van der Waals surface area (Å²) in [5.74, 6) is 0. The zero-order valence-electron chi connectivity index (χ0n) is 19.6. The standard InChI is InChI=1S/C25H25.C2H7Si.2ClH.Zr/c1-16-14-21-12-9-13-22(20-10-7-6-8-11-20)23(21)24(16)25(5)15-17(2)18(3)19(25)4;1-3-2;;;/h6-15H,1-5H3;3H,1-2H3;2*1H;/q-1;;;;+3/p-2. The number of hydrogen-bond acceptors (Lipinski definition) is 0. The average molecular weight is 547 g/mol. The first-order valence-electron chi connectivity index (χ1n) is 10.2. The maximum atomic E-state index is 2.46. The van der Waals surface area contributed by atoms with E-state index in [9.17, 15) is 0 Å². The predicted octanol–water partition coefficient (Wildman–Crippen LogP) is 1.61. The third-order valence-electron chi connectivity index (χ3n) is 6.16. The predicted molar refractivity (Wildman–Crippen MR) is 128 cm³/mol. The van der Waals surface area contributed by atoms with Gasteiger partial charge < -0.3 is 24.8 Å². The second-order valence-corrected chi connectivity index (χ2v) is 9.35. The van der Waals surface area contributed by atoms with Crippen LogP contribution in [0.5, 0.6) is 0 Å². The molecule has 0 spiro atoms. The Bertz CT molecular complexity index is 1060. The third kappa shape index (κ3) is 5.59. The van der Waals surface area contributed by atoms with Crippen molar-refractivity contribution in [1.82, 2.24) is 0 Å². The number of aryl methyl sites for hydroxylation is 1. The molecule has 3 aromatic carbocycles. The van der Waals surface area contributed by atoms with Crippen molar-refractivity contribution in [2.24, 2.45) is 0 Å². The fourth-order valence-corrected chi connectivity index (χ4v) is 4.59. The van der Waals surface area contributed by atoms with E-state index >= 15 is 0 Å². The Morgan fingerprint density at radius 3 is 1.94 bits per heavy atom. The monoisotopic (exact) mass is 544 g/mol. The fourth-order valence-electron chi connectivity index (χ4n) is 4.59. The maximum Gasteiger partial charge on any atom is 3.00 e. The summed E-state index contributed by atoms with van der Waals surface area (Å²) in [4.78, 5) is 0. The van der Waals surface area contributed by atoms with E-state index in [2.05, 4.69) is 108 Å². The molecular formula is C27H32Cl2SiZr. The molecule has 0 nitrogen and oxygen atoms in total. The van der Waals surface area contributed by atoms with Crippen molar-refractivity contribution in [2.75, 3.05) is 0 Å². The van der Waals surface area contributed by atoms with E-state index in [0.717, 1.165) is 9.52 Å². The minimum Gasteiger partial charge on any atom is -1.00 e. The summed E-state index contributed by atoms with van der Waals surface area (Å²) in [5, 5.41) is 2.75. The minimum atomic E-state index is -0.0229. The van der Waals surface area contributed by atoms with Gasteiger partial charge >= 0.3 is 26.2 Å². The van der Waals surface area contributed by atoms with Crippen molar-refractivity contribution in [2.45, 2.75) is 53.1 Å². The zero-order chi connectivity index (χ0) is 20.5. The van der Waals surface area contributed by atoms with Crippen LogP contribution in [0.15, 0.2) is 77.4 Å². The number of rotatable bonds is 2. The number of hydrogen-bond donors (Lipinski definition) is 0. The van der Waals surface area contributed by atoms with E-state index in [1.165, 1.54) is 49.7 Å². The molecule has 0 aromatic heterocycles. The quantitative estimate of drug-likeness (QED) is 0.339. The van der Waals surface area contributed by atoms with Crippen molar-refractivity contribution >= 4 is 20.3 Å². The summed E-state index contributed by atoms with van der Waals surface area (Å²) in [6.45, 7) is 15.9. The average Bonchev–Trinajstić information content (AvgIpc) is 3.12. The smallest absolute Gasteiger partial charge is 1.00 e. The van der Waals surface area contributed by atoms with Crippen LogP contribution < -0.4 is 24.8 Å². The molecule has 0 saturated heterocycles. The molecule has 0 saturated carbocycles. The van der Waals surface area contributed by atoms with Crippen LogP contribution in [0.3, 0.4) is 0 Å². The van der Waals surface area contributed by atoms with E-state index in [1.54, 1.807) is 0 Å². The molecule has 1 atom stereocenters. The second-order valence-electron chi connectivity index (χ2n) is 8.20. The van der Waals surface area contributed by atoms with E-state index in [1.807, 2.05) is 0 Å². The summed E-state index contributed by atoms with van der Waals surface area (Å²) in [6, 6.07) is 19.8. The number of fused-ring (bicyclic) bond motifs is 1. The Morgan fingerprint density at radius 2 is 1.42 bits per heavy atom. The van der Waals surface area contributed by atoms with Gasteiger partial charge in [0.25, 0.3) is 0 Å². The fraction of sp³-hybridized carbons (Fsp3) is 0.296. The molecular weight excluding hydrogens is 515 g/mol. The number of benzene rings is 2. The Balaban J connectivity index is 0.00000142. The molecule has 0 fully saturated rings. The summed E-state index contributed by atoms with van der Waals surface area (Å²) in [6.07, 6.45) is 2.46. The topological polar surface area (TPSA) is 0 Å². The van der Waals surface area contributed by atoms with Crippen LogP contribution in [0.4, 0.5) is 0 Å². The molecule has 0 aliphatic heterocycles. The third-order valence-corrected chi connectivity index (χ3v) is 6.16. The Hall–Kier alpha value is -0.790. The molecule has 3 aromatic rings. The van der Waals surface area contributed by atoms with E-state index < -0.39 is 0 Å². The Labute approximate surface area is 222 Å². The van der Waals surface area contributed by atoms with Crippen molar-refractivity contribution in [3.05, 3.63) is 88.5 Å². The molecule has 0 N–H and O–H groups in total. The van der Waals surface area contributed by atoms with Crippen molar-refractivity contribution in [3.8, 4) is 11.1 Å². The van der Waals surface area contributed by atoms with Gasteiger partial charge in [-0.2, -0.15) is 0 Å². The number of allylic oxidation sites excluding steroid dienone is 4. The van der Waals surface area contributed by atoms with Crippen molar-refractivity contribution < 1.29 is 51.0 Å². The first-order chi connectivity index (χ1) is 13.3. The van der Waals surface area contributed by atoms with Gasteiger partial charge in [-0.1, -0.05) is 86.1 Å². The van der Waals surface area contributed by atoms with Gasteiger partial charge in [0.05, 0.1) is 0 Å². The second kappa shape index (κ2) is 12.4. The molecule has 4 heteroatoms. The molecule has 31 heavy (non-hydrogen) atoms. The molecule has 1 aliphatic carbocycles. The van der Waals surface area contributed by atoms with Gasteiger partial charge in [-0.3, -0.25) is 0 Å². The van der Waals surface area contributed by atoms with Crippen molar-refractivity contribution in [1.29, 1.82) is 0 Å². The first-order valence-corrected chi connectivity index (χ1v) is 12.5. The minimum absolute atomic E-state index is 0. The van der Waals surface area contributed by atoms with E-state index in [0.29, 0.717) is 0 Å². The van der Waals surface area contributed by atoms with Gasteiger partial charge in [0.15, 0.2) is 0 Å². The van der Waals surface area contributed by atoms with Crippen LogP contribution in [-0.2, 0) is 31.6 Å². The summed E-state index contributed by atoms with van der Waals surface area (Å²) in [5.41, 5.74) is 9.79. The van der Waals surface area contributed by atoms with Gasteiger partial charge in [-0.15, -0.1) is 40.1 Å². The van der Waals surface area contributed by atoms with Gasteiger partial charge in [-0.25, -0.2) is 0 Å². The van der Waals surface area contributed by atoms with Gasteiger partial charge in [0, 0.05) is 9.52 Å². The van der Waals surface area contributed by atoms with Crippen LogP contribution in [0, 0.1) is 6.92 Å². The summed E-state index contributed by atoms with van der Waals surface area (Å²) >= 11 is 0. The summed E-state index contributed by atoms with van der Waals surface area (Å²) < 4.78 is 0. The van der Waals surface area contributed by atoms with Gasteiger partial charge in [-0.05, 0) is 37.3 Å². The van der Waals surface area contributed by atoms with Crippen LogP contribution >= 0.6 is 0 Å². The van der Waals surface area contributed by atoms with Crippen LogP contribution in [0.2, 0.25) is 13.1 Å². The Kier molecular flexibility index (Phi) is 12.1. The van der Waals surface area contributed by atoms with E-state index in [-0.39, 0.29) is 56.4 Å². The van der Waals surface area contributed by atoms with Crippen LogP contribution in [0.25, 0.3) is 21.9 Å². The maximum absolute atomic E-state index is 2.46. The van der Waals surface area contributed by atoms with Gasteiger partial charge in [0.2, 0.25) is 0 Å². The van der Waals surface area contributed by atoms with E-state index in [4.69, 9.17) is 0 Å². The largest absolute Gasteiger partial charge is 3.00 e. The number of halogens is 2. The normalized spacial score (nSPS) is 17.1. The molecule has 0 heterocycles. The Morgan fingerprint density at radius 1 is 0.839 bits per heavy atom.